The van der Waals surface area contributed by atoms with Crippen LogP contribution < -0.4 is 4.90 Å². The Kier molecular flexibility index (Phi) is 3.52. The summed E-state index contributed by atoms with van der Waals surface area (Å²) in [5.41, 5.74) is 0.174. The molecule has 19 heavy (non-hydrogen) atoms. The van der Waals surface area contributed by atoms with Crippen LogP contribution in [0.1, 0.15) is 6.42 Å². The number of anilines is 1. The van der Waals surface area contributed by atoms with Gasteiger partial charge in [-0.25, -0.2) is 0 Å². The number of benzene rings is 1. The molecule has 0 aromatic heterocycles. The topological polar surface area (TPSA) is 101 Å². The smallest absolute Gasteiger partial charge is 0.308 e. The van der Waals surface area contributed by atoms with Crippen LogP contribution in [0.3, 0.4) is 0 Å². The highest BCUT2D eigenvalue weighted by atomic mass is 79.9. The molecule has 7 nitrogen and oxygen atoms in total. The Morgan fingerprint density at radius 2 is 2.21 bits per heavy atom. The molecule has 1 heterocycles. The standard InChI is InChI=1S/C11H9BrN2O5/c12-8-2-1-7(14(18)19)4-9(8)13-5-6(11(16)17)3-10(13)15/h1-2,4,6H,3,5H2,(H,16,17). The maximum Gasteiger partial charge on any atom is 0.308 e. The van der Waals surface area contributed by atoms with E-state index in [-0.39, 0.29) is 24.6 Å². The largest absolute Gasteiger partial charge is 0.481 e. The summed E-state index contributed by atoms with van der Waals surface area (Å²) in [6, 6.07) is 4.03. The first-order chi connectivity index (χ1) is 8.90. The second-order valence-corrected chi connectivity index (χ2v) is 4.99. The molecule has 0 bridgehead atoms. The van der Waals surface area contributed by atoms with E-state index >= 15 is 0 Å². The van der Waals surface area contributed by atoms with Crippen LogP contribution in [0.15, 0.2) is 22.7 Å². The van der Waals surface area contributed by atoms with Crippen molar-refractivity contribution in [1.29, 1.82) is 0 Å². The molecule has 1 N–H and O–H groups in total. The number of carboxylic acid groups (broad SMARTS) is 1. The first-order valence-corrected chi connectivity index (χ1v) is 6.16. The summed E-state index contributed by atoms with van der Waals surface area (Å²) in [4.78, 5) is 34.1. The average molecular weight is 329 g/mol. The fourth-order valence-electron chi connectivity index (χ4n) is 1.93. The van der Waals surface area contributed by atoms with Gasteiger partial charge in [0.2, 0.25) is 5.91 Å². The van der Waals surface area contributed by atoms with Crippen molar-refractivity contribution in [3.05, 3.63) is 32.8 Å². The Morgan fingerprint density at radius 3 is 2.74 bits per heavy atom. The van der Waals surface area contributed by atoms with E-state index in [2.05, 4.69) is 15.9 Å². The highest BCUT2D eigenvalue weighted by molar-refractivity contribution is 9.10. The normalized spacial score (nSPS) is 18.7. The van der Waals surface area contributed by atoms with Crippen molar-refractivity contribution in [2.24, 2.45) is 5.92 Å². The lowest BCUT2D eigenvalue weighted by atomic mass is 10.1. The fourth-order valence-corrected chi connectivity index (χ4v) is 2.39. The minimum absolute atomic E-state index is 0.0218. The van der Waals surface area contributed by atoms with Crippen molar-refractivity contribution >= 4 is 39.2 Å². The maximum absolute atomic E-state index is 11.8. The third-order valence-electron chi connectivity index (χ3n) is 2.91. The number of carbonyl (C=O) groups is 2. The number of nitro benzene ring substituents is 1. The van der Waals surface area contributed by atoms with E-state index in [0.717, 1.165) is 0 Å². The Hall–Kier alpha value is -1.96. The fraction of sp³-hybridized carbons (Fsp3) is 0.273. The molecule has 1 aliphatic rings. The molecule has 1 saturated heterocycles. The highest BCUT2D eigenvalue weighted by Gasteiger charge is 2.36. The number of amides is 1. The van der Waals surface area contributed by atoms with E-state index in [4.69, 9.17) is 5.11 Å². The van der Waals surface area contributed by atoms with Gasteiger partial charge < -0.3 is 10.0 Å². The van der Waals surface area contributed by atoms with Crippen molar-refractivity contribution < 1.29 is 19.6 Å². The second kappa shape index (κ2) is 4.96. The molecule has 0 spiro atoms. The predicted octanol–water partition coefficient (Wildman–Crippen LogP) is 1.79. The van der Waals surface area contributed by atoms with Gasteiger partial charge in [-0.3, -0.25) is 19.7 Å². The van der Waals surface area contributed by atoms with Crippen LogP contribution in [0.25, 0.3) is 0 Å². The maximum atomic E-state index is 11.8. The molecule has 1 fully saturated rings. The number of carboxylic acids is 1. The van der Waals surface area contributed by atoms with Crippen LogP contribution in [0.2, 0.25) is 0 Å². The molecule has 100 valence electrons. The number of carbonyl (C=O) groups excluding carboxylic acids is 1. The number of rotatable bonds is 3. The minimum Gasteiger partial charge on any atom is -0.481 e. The van der Waals surface area contributed by atoms with Gasteiger partial charge in [-0.05, 0) is 22.0 Å². The van der Waals surface area contributed by atoms with Gasteiger partial charge in [0.25, 0.3) is 5.69 Å². The molecule has 1 aromatic rings. The third kappa shape index (κ3) is 2.58. The molecular formula is C11H9BrN2O5. The van der Waals surface area contributed by atoms with Crippen molar-refractivity contribution in [3.8, 4) is 0 Å². The molecule has 2 rings (SSSR count). The van der Waals surface area contributed by atoms with E-state index in [0.29, 0.717) is 10.2 Å². The second-order valence-electron chi connectivity index (χ2n) is 4.14. The van der Waals surface area contributed by atoms with Gasteiger partial charge in [0.1, 0.15) is 0 Å². The number of aliphatic carboxylic acids is 1. The van der Waals surface area contributed by atoms with Crippen LogP contribution in [0.5, 0.6) is 0 Å². The lowest BCUT2D eigenvalue weighted by Crippen LogP contribution is -2.26. The highest BCUT2D eigenvalue weighted by Crippen LogP contribution is 2.34. The Labute approximate surface area is 116 Å². The van der Waals surface area contributed by atoms with Gasteiger partial charge in [-0.1, -0.05) is 0 Å². The van der Waals surface area contributed by atoms with Gasteiger partial charge in [0.05, 0.1) is 16.5 Å². The Bertz CT molecular complexity index is 574. The van der Waals surface area contributed by atoms with E-state index in [1.54, 1.807) is 0 Å². The zero-order valence-electron chi connectivity index (χ0n) is 9.58. The van der Waals surface area contributed by atoms with E-state index in [9.17, 15) is 19.7 Å². The van der Waals surface area contributed by atoms with Crippen LogP contribution >= 0.6 is 15.9 Å². The van der Waals surface area contributed by atoms with Crippen LogP contribution in [0, 0.1) is 16.0 Å². The van der Waals surface area contributed by atoms with Gasteiger partial charge >= 0.3 is 5.97 Å². The summed E-state index contributed by atoms with van der Waals surface area (Å²) in [5.74, 6) is -2.18. The number of non-ortho nitro benzene ring substituents is 1. The molecule has 1 aromatic carbocycles. The first-order valence-electron chi connectivity index (χ1n) is 5.37. The summed E-state index contributed by atoms with van der Waals surface area (Å²) in [6.45, 7) is 0.0218. The van der Waals surface area contributed by atoms with Crippen LogP contribution in [-0.2, 0) is 9.59 Å². The molecule has 0 saturated carbocycles. The van der Waals surface area contributed by atoms with E-state index in [1.165, 1.54) is 23.1 Å². The van der Waals surface area contributed by atoms with Crippen molar-refractivity contribution in [2.75, 3.05) is 11.4 Å². The van der Waals surface area contributed by atoms with Gasteiger partial charge in [0, 0.05) is 29.6 Å². The van der Waals surface area contributed by atoms with Crippen molar-refractivity contribution in [1.82, 2.24) is 0 Å². The Balaban J connectivity index is 2.36. The van der Waals surface area contributed by atoms with Crippen LogP contribution in [0.4, 0.5) is 11.4 Å². The quantitative estimate of drug-likeness (QED) is 0.673. The molecule has 1 aliphatic heterocycles. The van der Waals surface area contributed by atoms with E-state index in [1.807, 2.05) is 0 Å². The first kappa shape index (κ1) is 13.5. The number of nitro groups is 1. The predicted molar refractivity (Wildman–Crippen MR) is 68.9 cm³/mol. The molecule has 0 aliphatic carbocycles. The van der Waals surface area contributed by atoms with Gasteiger partial charge in [-0.2, -0.15) is 0 Å². The molecule has 1 atom stereocenters. The number of nitrogens with zero attached hydrogens (tertiary/aromatic N) is 2. The van der Waals surface area contributed by atoms with Crippen molar-refractivity contribution in [3.63, 3.8) is 0 Å². The summed E-state index contributed by atoms with van der Waals surface area (Å²) in [7, 11) is 0. The minimum atomic E-state index is -1.04. The Morgan fingerprint density at radius 1 is 1.53 bits per heavy atom. The van der Waals surface area contributed by atoms with Gasteiger partial charge in [0.15, 0.2) is 0 Å². The molecular weight excluding hydrogens is 320 g/mol. The zero-order chi connectivity index (χ0) is 14.2. The third-order valence-corrected chi connectivity index (χ3v) is 3.58. The summed E-state index contributed by atoms with van der Waals surface area (Å²) in [6.07, 6.45) is -0.0928. The number of hydrogen-bond donors (Lipinski definition) is 1. The van der Waals surface area contributed by atoms with Crippen molar-refractivity contribution in [2.45, 2.75) is 6.42 Å². The van der Waals surface area contributed by atoms with Gasteiger partial charge in [-0.15, -0.1) is 0 Å². The average Bonchev–Trinajstić information content (AvgIpc) is 2.72. The SMILES string of the molecule is O=C(O)C1CC(=O)N(c2cc([N+](=O)[O-])ccc2Br)C1. The summed E-state index contributed by atoms with van der Waals surface area (Å²) in [5, 5.41) is 19.6. The number of halogens is 1. The zero-order valence-corrected chi connectivity index (χ0v) is 11.2. The lowest BCUT2D eigenvalue weighted by molar-refractivity contribution is -0.384. The molecule has 0 radical (unpaired) electrons. The van der Waals surface area contributed by atoms with Crippen LogP contribution in [-0.4, -0.2) is 28.5 Å². The molecule has 1 amide bonds. The summed E-state index contributed by atoms with van der Waals surface area (Å²) < 4.78 is 0.512. The molecule has 1 unspecified atom stereocenters. The molecule has 8 heteroatoms. The monoisotopic (exact) mass is 328 g/mol. The van der Waals surface area contributed by atoms with E-state index < -0.39 is 16.8 Å². The number of hydrogen-bond acceptors (Lipinski definition) is 4. The summed E-state index contributed by atoms with van der Waals surface area (Å²) >= 11 is 3.21. The lowest BCUT2D eigenvalue weighted by Gasteiger charge is -2.17.